The summed E-state index contributed by atoms with van der Waals surface area (Å²) in [7, 11) is 1.78. The highest BCUT2D eigenvalue weighted by molar-refractivity contribution is 5.93. The quantitative estimate of drug-likeness (QED) is 0.541. The molecule has 1 aromatic carbocycles. The predicted molar refractivity (Wildman–Crippen MR) is 47.3 cm³/mol. The zero-order chi connectivity index (χ0) is 8.72. The average molecular weight is 163 g/mol. The zero-order valence-corrected chi connectivity index (χ0v) is 6.65. The fourth-order valence-corrected chi connectivity index (χ4v) is 1.19. The Labute approximate surface area is 69.0 Å². The molecule has 62 valence electrons. The van der Waals surface area contributed by atoms with Gasteiger partial charge in [-0.1, -0.05) is 5.21 Å². The molecule has 5 nitrogen and oxygen atoms in total. The lowest BCUT2D eigenvalue weighted by atomic mass is 10.2. The highest BCUT2D eigenvalue weighted by Crippen LogP contribution is 2.23. The number of aryl methyl sites for hydroxylation is 1. The highest BCUT2D eigenvalue weighted by Gasteiger charge is 2.06. The van der Waals surface area contributed by atoms with Crippen LogP contribution in [0.25, 0.3) is 11.0 Å². The van der Waals surface area contributed by atoms with Gasteiger partial charge >= 0.3 is 0 Å². The van der Waals surface area contributed by atoms with Crippen molar-refractivity contribution in [2.45, 2.75) is 0 Å². The van der Waals surface area contributed by atoms with E-state index < -0.39 is 0 Å². The molecule has 12 heavy (non-hydrogen) atoms. The first kappa shape index (κ1) is 6.90. The summed E-state index contributed by atoms with van der Waals surface area (Å²) in [6.45, 7) is 0. The summed E-state index contributed by atoms with van der Waals surface area (Å²) in [6.07, 6.45) is 0. The first-order chi connectivity index (χ1) is 5.70. The summed E-state index contributed by atoms with van der Waals surface area (Å²) < 4.78 is 1.61. The minimum absolute atomic E-state index is 0.542. The third kappa shape index (κ3) is 0.730. The van der Waals surface area contributed by atoms with Gasteiger partial charge in [0, 0.05) is 7.05 Å². The summed E-state index contributed by atoms with van der Waals surface area (Å²) in [4.78, 5) is 0. The van der Waals surface area contributed by atoms with Crippen molar-refractivity contribution in [2.75, 3.05) is 11.5 Å². The lowest BCUT2D eigenvalue weighted by Crippen LogP contribution is -1.98. The number of hydrogen-bond acceptors (Lipinski definition) is 4. The molecular weight excluding hydrogens is 154 g/mol. The largest absolute Gasteiger partial charge is 0.397 e. The van der Waals surface area contributed by atoms with Gasteiger partial charge in [0.15, 0.2) is 0 Å². The van der Waals surface area contributed by atoms with E-state index in [1.165, 1.54) is 0 Å². The van der Waals surface area contributed by atoms with Crippen molar-refractivity contribution in [3.8, 4) is 0 Å². The van der Waals surface area contributed by atoms with Crippen LogP contribution in [0.5, 0.6) is 0 Å². The summed E-state index contributed by atoms with van der Waals surface area (Å²) >= 11 is 0. The molecule has 0 saturated carbocycles. The fraction of sp³-hybridized carbons (Fsp3) is 0.143. The standard InChI is InChI=1S/C7H9N5/c1-12-7-5(10-11-12)3-2-4(8)6(7)9/h2-3H,8-9H2,1H3. The second-order valence-corrected chi connectivity index (χ2v) is 2.65. The number of fused-ring (bicyclic) bond motifs is 1. The van der Waals surface area contributed by atoms with Crippen molar-refractivity contribution >= 4 is 22.4 Å². The highest BCUT2D eigenvalue weighted by atomic mass is 15.4. The number of nitrogens with two attached hydrogens (primary N) is 2. The molecule has 1 aromatic heterocycles. The van der Waals surface area contributed by atoms with Gasteiger partial charge in [0.2, 0.25) is 0 Å². The number of hydrogen-bond donors (Lipinski definition) is 2. The van der Waals surface area contributed by atoms with Crippen LogP contribution in [0.3, 0.4) is 0 Å². The first-order valence-corrected chi connectivity index (χ1v) is 3.53. The molecule has 0 amide bonds. The van der Waals surface area contributed by atoms with Gasteiger partial charge in [0.25, 0.3) is 0 Å². The molecule has 1 heterocycles. The van der Waals surface area contributed by atoms with Crippen LogP contribution in [0.15, 0.2) is 12.1 Å². The number of nitrogen functional groups attached to an aromatic ring is 2. The van der Waals surface area contributed by atoms with E-state index in [-0.39, 0.29) is 0 Å². The molecule has 0 radical (unpaired) electrons. The number of aromatic nitrogens is 3. The van der Waals surface area contributed by atoms with E-state index in [1.807, 2.05) is 0 Å². The van der Waals surface area contributed by atoms with Gasteiger partial charge in [-0.05, 0) is 12.1 Å². The predicted octanol–water partition coefficient (Wildman–Crippen LogP) is 0.133. The van der Waals surface area contributed by atoms with E-state index in [9.17, 15) is 0 Å². The lowest BCUT2D eigenvalue weighted by Gasteiger charge is -2.00. The van der Waals surface area contributed by atoms with Crippen molar-refractivity contribution < 1.29 is 0 Å². The van der Waals surface area contributed by atoms with Crippen LogP contribution >= 0.6 is 0 Å². The van der Waals surface area contributed by atoms with Crippen LogP contribution in [0.4, 0.5) is 11.4 Å². The number of nitrogens with zero attached hydrogens (tertiary/aromatic N) is 3. The summed E-state index contributed by atoms with van der Waals surface area (Å²) in [6, 6.07) is 3.53. The maximum atomic E-state index is 5.74. The van der Waals surface area contributed by atoms with E-state index in [1.54, 1.807) is 23.9 Å². The molecule has 0 aliphatic heterocycles. The van der Waals surface area contributed by atoms with E-state index in [0.29, 0.717) is 11.4 Å². The van der Waals surface area contributed by atoms with Crippen LogP contribution in [0.2, 0.25) is 0 Å². The molecule has 0 aliphatic carbocycles. The molecule has 4 N–H and O–H groups in total. The smallest absolute Gasteiger partial charge is 0.115 e. The minimum atomic E-state index is 0.542. The lowest BCUT2D eigenvalue weighted by molar-refractivity contribution is 0.737. The van der Waals surface area contributed by atoms with Gasteiger partial charge < -0.3 is 11.5 Å². The van der Waals surface area contributed by atoms with Crippen LogP contribution in [-0.4, -0.2) is 15.0 Å². The van der Waals surface area contributed by atoms with Gasteiger partial charge in [0.05, 0.1) is 11.4 Å². The third-order valence-corrected chi connectivity index (χ3v) is 1.84. The number of anilines is 2. The first-order valence-electron chi connectivity index (χ1n) is 3.53. The normalized spacial score (nSPS) is 10.8. The maximum Gasteiger partial charge on any atom is 0.115 e. The fourth-order valence-electron chi connectivity index (χ4n) is 1.19. The Morgan fingerprint density at radius 2 is 2.08 bits per heavy atom. The zero-order valence-electron chi connectivity index (χ0n) is 6.65. The Balaban J connectivity index is 2.96. The number of benzene rings is 1. The maximum absolute atomic E-state index is 5.74. The summed E-state index contributed by atoms with van der Waals surface area (Å²) in [5, 5.41) is 7.73. The second kappa shape index (κ2) is 2.10. The van der Waals surface area contributed by atoms with Crippen LogP contribution in [0.1, 0.15) is 0 Å². The molecule has 0 saturated heterocycles. The molecule has 0 aliphatic rings. The average Bonchev–Trinajstić information content (AvgIpc) is 2.41. The topological polar surface area (TPSA) is 82.8 Å². The molecule has 2 rings (SSSR count). The van der Waals surface area contributed by atoms with E-state index in [0.717, 1.165) is 11.0 Å². The van der Waals surface area contributed by atoms with E-state index >= 15 is 0 Å². The molecule has 0 unspecified atom stereocenters. The Hall–Kier alpha value is -1.78. The Morgan fingerprint density at radius 1 is 1.33 bits per heavy atom. The van der Waals surface area contributed by atoms with Crippen molar-refractivity contribution in [1.82, 2.24) is 15.0 Å². The van der Waals surface area contributed by atoms with Crippen molar-refractivity contribution in [3.05, 3.63) is 12.1 Å². The second-order valence-electron chi connectivity index (χ2n) is 2.65. The van der Waals surface area contributed by atoms with Crippen LogP contribution in [-0.2, 0) is 7.05 Å². The molecule has 0 atom stereocenters. The van der Waals surface area contributed by atoms with Crippen LogP contribution < -0.4 is 11.5 Å². The minimum Gasteiger partial charge on any atom is -0.397 e. The van der Waals surface area contributed by atoms with Gasteiger partial charge in [-0.25, -0.2) is 4.68 Å². The van der Waals surface area contributed by atoms with Gasteiger partial charge in [-0.15, -0.1) is 5.10 Å². The van der Waals surface area contributed by atoms with E-state index in [2.05, 4.69) is 10.3 Å². The van der Waals surface area contributed by atoms with Crippen molar-refractivity contribution in [2.24, 2.45) is 7.05 Å². The number of rotatable bonds is 0. The van der Waals surface area contributed by atoms with Crippen molar-refractivity contribution in [1.29, 1.82) is 0 Å². The summed E-state index contributed by atoms with van der Waals surface area (Å²) in [5.41, 5.74) is 14.0. The summed E-state index contributed by atoms with van der Waals surface area (Å²) in [5.74, 6) is 0. The Morgan fingerprint density at radius 3 is 2.83 bits per heavy atom. The Kier molecular flexibility index (Phi) is 1.21. The molecule has 0 spiro atoms. The Bertz CT molecular complexity index is 431. The molecular formula is C7H9N5. The molecule has 5 heteroatoms. The van der Waals surface area contributed by atoms with Gasteiger partial charge in [-0.2, -0.15) is 0 Å². The van der Waals surface area contributed by atoms with Gasteiger partial charge in [-0.3, -0.25) is 0 Å². The molecule has 0 bridgehead atoms. The van der Waals surface area contributed by atoms with Crippen molar-refractivity contribution in [3.63, 3.8) is 0 Å². The third-order valence-electron chi connectivity index (χ3n) is 1.84. The van der Waals surface area contributed by atoms with Gasteiger partial charge in [0.1, 0.15) is 11.0 Å². The monoisotopic (exact) mass is 163 g/mol. The molecule has 2 aromatic rings. The SMILES string of the molecule is Cn1nnc2ccc(N)c(N)c21. The van der Waals surface area contributed by atoms with Crippen LogP contribution in [0, 0.1) is 0 Å². The molecule has 0 fully saturated rings. The van der Waals surface area contributed by atoms with E-state index in [4.69, 9.17) is 11.5 Å².